The molecular weight excluding hydrogens is 709 g/mol. The largest absolute Gasteiger partial charge is 0.354 e. The molecule has 0 aliphatic carbocycles. The van der Waals surface area contributed by atoms with E-state index in [0.717, 1.165) is 31.8 Å². The molecule has 0 aliphatic heterocycles. The topological polar surface area (TPSA) is 86.8 Å². The molecule has 1 atom stereocenters. The Balaban J connectivity index is 1.78. The van der Waals surface area contributed by atoms with E-state index in [0.29, 0.717) is 17.3 Å². The fraction of sp³-hybridized carbons (Fsp3) is 0.235. The third-order valence-electron chi connectivity index (χ3n) is 7.07. The fourth-order valence-corrected chi connectivity index (χ4v) is 6.76. The van der Waals surface area contributed by atoms with Crippen molar-refractivity contribution >= 4 is 61.7 Å². The Labute approximate surface area is 278 Å². The molecule has 0 bridgehead atoms. The van der Waals surface area contributed by atoms with Crippen molar-refractivity contribution in [2.75, 3.05) is 17.4 Å². The molecule has 4 rings (SSSR count). The van der Waals surface area contributed by atoms with Crippen molar-refractivity contribution < 1.29 is 18.0 Å². The van der Waals surface area contributed by atoms with Crippen LogP contribution in [0.1, 0.15) is 30.9 Å². The number of rotatable bonds is 14. The number of carbonyl (C=O) groups excluding carboxylic acids is 2. The van der Waals surface area contributed by atoms with E-state index in [-0.39, 0.29) is 23.8 Å². The number of halogens is 2. The van der Waals surface area contributed by atoms with Gasteiger partial charge in [0.2, 0.25) is 11.8 Å². The molecule has 2 amide bonds. The number of sulfonamides is 1. The molecule has 1 N–H and O–H groups in total. The number of hydrogen-bond acceptors (Lipinski definition) is 4. The number of anilines is 1. The van der Waals surface area contributed by atoms with Crippen LogP contribution in [0.4, 0.5) is 5.69 Å². The summed E-state index contributed by atoms with van der Waals surface area (Å²) in [7, 11) is -4.14. The van der Waals surface area contributed by atoms with Gasteiger partial charge in [-0.15, -0.1) is 0 Å². The van der Waals surface area contributed by atoms with Gasteiger partial charge in [0.1, 0.15) is 12.6 Å². The van der Waals surface area contributed by atoms with Crippen LogP contribution in [0.25, 0.3) is 0 Å². The summed E-state index contributed by atoms with van der Waals surface area (Å²) in [6.45, 7) is 2.06. The van der Waals surface area contributed by atoms with Gasteiger partial charge in [-0.05, 0) is 88.7 Å². The Morgan fingerprint density at radius 1 is 0.864 bits per heavy atom. The van der Waals surface area contributed by atoms with Gasteiger partial charge in [0.05, 0.1) is 10.6 Å². The Morgan fingerprint density at radius 2 is 1.50 bits per heavy atom. The first-order chi connectivity index (χ1) is 21.2. The van der Waals surface area contributed by atoms with E-state index in [9.17, 15) is 18.0 Å². The van der Waals surface area contributed by atoms with Gasteiger partial charge in [0.25, 0.3) is 10.0 Å². The second kappa shape index (κ2) is 16.1. The fourth-order valence-electron chi connectivity index (χ4n) is 4.75. The Morgan fingerprint density at radius 3 is 2.14 bits per heavy atom. The highest BCUT2D eigenvalue weighted by atomic mass is 127. The minimum Gasteiger partial charge on any atom is -0.354 e. The summed E-state index contributed by atoms with van der Waals surface area (Å²) in [5, 5.41) is 3.49. The molecular formula is C34H35ClIN3O4S. The third-order valence-corrected chi connectivity index (χ3v) is 9.81. The lowest BCUT2D eigenvalue weighted by Gasteiger charge is -2.34. The molecule has 10 heteroatoms. The number of nitrogens with one attached hydrogen (secondary N) is 1. The van der Waals surface area contributed by atoms with E-state index in [4.69, 9.17) is 11.6 Å². The van der Waals surface area contributed by atoms with Crippen molar-refractivity contribution in [1.29, 1.82) is 0 Å². The molecule has 0 aromatic heterocycles. The summed E-state index contributed by atoms with van der Waals surface area (Å²) in [6.07, 6.45) is 1.94. The van der Waals surface area contributed by atoms with Crippen molar-refractivity contribution in [3.05, 3.63) is 129 Å². The first-order valence-electron chi connectivity index (χ1n) is 14.4. The van der Waals surface area contributed by atoms with Crippen molar-refractivity contribution in [2.24, 2.45) is 0 Å². The highest BCUT2D eigenvalue weighted by molar-refractivity contribution is 14.1. The van der Waals surface area contributed by atoms with Crippen LogP contribution in [-0.2, 0) is 32.6 Å². The number of amides is 2. The molecule has 230 valence electrons. The zero-order valence-electron chi connectivity index (χ0n) is 24.4. The van der Waals surface area contributed by atoms with Crippen LogP contribution >= 0.6 is 34.2 Å². The number of carbonyl (C=O) groups is 2. The zero-order valence-corrected chi connectivity index (χ0v) is 28.1. The smallest absolute Gasteiger partial charge is 0.264 e. The van der Waals surface area contributed by atoms with E-state index >= 15 is 0 Å². The summed E-state index contributed by atoms with van der Waals surface area (Å²) in [6, 6.07) is 30.6. The molecule has 0 radical (unpaired) electrons. The van der Waals surface area contributed by atoms with E-state index in [1.54, 1.807) is 60.7 Å². The number of nitrogens with zero attached hydrogens (tertiary/aromatic N) is 2. The maximum atomic E-state index is 14.4. The van der Waals surface area contributed by atoms with E-state index in [1.165, 1.54) is 17.0 Å². The molecule has 0 spiro atoms. The molecule has 0 saturated carbocycles. The number of hydrogen-bond donors (Lipinski definition) is 1. The third kappa shape index (κ3) is 9.06. The summed E-state index contributed by atoms with van der Waals surface area (Å²) in [5.74, 6) is -0.820. The standard InChI is InChI=1S/C34H35ClIN3O4S/c1-2-3-21-37-34(41)32(23-26-11-6-4-7-12-26)38(24-27-13-10-14-28(35)22-27)33(40)25-39(30-19-17-29(36)18-20-30)44(42,43)31-15-8-5-9-16-31/h4-20,22,32H,2-3,21,23-25H2,1H3,(H,37,41)/t32-/m1/s1. The molecule has 0 unspecified atom stereocenters. The van der Waals surface area contributed by atoms with Crippen molar-refractivity contribution in [2.45, 2.75) is 43.7 Å². The molecule has 0 heterocycles. The lowest BCUT2D eigenvalue weighted by atomic mass is 10.0. The van der Waals surface area contributed by atoms with Crippen molar-refractivity contribution in [3.63, 3.8) is 0 Å². The predicted octanol–water partition coefficient (Wildman–Crippen LogP) is 6.70. The molecule has 44 heavy (non-hydrogen) atoms. The van der Waals surface area contributed by atoms with E-state index in [2.05, 4.69) is 27.9 Å². The highest BCUT2D eigenvalue weighted by Crippen LogP contribution is 2.26. The van der Waals surface area contributed by atoms with Crippen LogP contribution in [0.15, 0.2) is 114 Å². The second-order valence-corrected chi connectivity index (χ2v) is 13.8. The van der Waals surface area contributed by atoms with Gasteiger partial charge in [-0.25, -0.2) is 8.42 Å². The molecule has 0 fully saturated rings. The average Bonchev–Trinajstić information content (AvgIpc) is 3.03. The lowest BCUT2D eigenvalue weighted by molar-refractivity contribution is -0.140. The van der Waals surface area contributed by atoms with Crippen LogP contribution < -0.4 is 9.62 Å². The summed E-state index contributed by atoms with van der Waals surface area (Å²) in [4.78, 5) is 29.7. The number of unbranched alkanes of at least 4 members (excludes halogenated alkanes) is 1. The zero-order chi connectivity index (χ0) is 31.5. The van der Waals surface area contributed by atoms with Gasteiger partial charge in [-0.2, -0.15) is 0 Å². The molecule has 4 aromatic carbocycles. The summed E-state index contributed by atoms with van der Waals surface area (Å²) >= 11 is 8.44. The first kappa shape index (κ1) is 33.5. The van der Waals surface area contributed by atoms with Gasteiger partial charge in [0.15, 0.2) is 0 Å². The lowest BCUT2D eigenvalue weighted by Crippen LogP contribution is -2.53. The predicted molar refractivity (Wildman–Crippen MR) is 184 cm³/mol. The molecule has 4 aromatic rings. The normalized spacial score (nSPS) is 11.9. The van der Waals surface area contributed by atoms with Crippen LogP contribution in [-0.4, -0.2) is 44.3 Å². The maximum Gasteiger partial charge on any atom is 0.264 e. The molecule has 7 nitrogen and oxygen atoms in total. The van der Waals surface area contributed by atoms with Gasteiger partial charge in [-0.1, -0.05) is 85.6 Å². The van der Waals surface area contributed by atoms with Gasteiger partial charge in [0, 0.05) is 28.1 Å². The molecule has 0 saturated heterocycles. The highest BCUT2D eigenvalue weighted by Gasteiger charge is 2.34. The van der Waals surface area contributed by atoms with E-state index < -0.39 is 28.5 Å². The SMILES string of the molecule is CCCCNC(=O)[C@@H](Cc1ccccc1)N(Cc1cccc(Cl)c1)C(=O)CN(c1ccc(I)cc1)S(=O)(=O)c1ccccc1. The van der Waals surface area contributed by atoms with Gasteiger partial charge >= 0.3 is 0 Å². The van der Waals surface area contributed by atoms with Crippen LogP contribution in [0.5, 0.6) is 0 Å². The van der Waals surface area contributed by atoms with Crippen LogP contribution in [0.3, 0.4) is 0 Å². The van der Waals surface area contributed by atoms with Gasteiger partial charge in [-0.3, -0.25) is 13.9 Å². The number of benzene rings is 4. The summed E-state index contributed by atoms with van der Waals surface area (Å²) in [5.41, 5.74) is 1.94. The Hall–Kier alpha value is -3.41. The minimum absolute atomic E-state index is 0.0595. The van der Waals surface area contributed by atoms with Crippen molar-refractivity contribution in [1.82, 2.24) is 10.2 Å². The Bertz CT molecular complexity index is 1640. The quantitative estimate of drug-likeness (QED) is 0.115. The maximum absolute atomic E-state index is 14.4. The summed E-state index contributed by atoms with van der Waals surface area (Å²) < 4.78 is 30.0. The van der Waals surface area contributed by atoms with Crippen LogP contribution in [0, 0.1) is 3.57 Å². The van der Waals surface area contributed by atoms with Gasteiger partial charge < -0.3 is 10.2 Å². The monoisotopic (exact) mass is 743 g/mol. The van der Waals surface area contributed by atoms with Crippen molar-refractivity contribution in [3.8, 4) is 0 Å². The average molecular weight is 744 g/mol. The van der Waals surface area contributed by atoms with Crippen LogP contribution in [0.2, 0.25) is 5.02 Å². The minimum atomic E-state index is -4.14. The Kier molecular flexibility index (Phi) is 12.2. The van der Waals surface area contributed by atoms with E-state index in [1.807, 2.05) is 43.3 Å². The second-order valence-electron chi connectivity index (χ2n) is 10.3. The first-order valence-corrected chi connectivity index (χ1v) is 17.3. The molecule has 0 aliphatic rings.